The van der Waals surface area contributed by atoms with Crippen molar-refractivity contribution < 1.29 is 40.5 Å². The van der Waals surface area contributed by atoms with Crippen molar-refractivity contribution in [1.82, 2.24) is 8.61 Å². The first kappa shape index (κ1) is 32.0. The SMILES string of the molecule is O=S(=O)(c1ccccc1)N(CCCOCCOCCOCCCN(CC1CO1)S(=O)(=O)c1ccccc1)CC1CO1. The molecule has 0 N–H and O–H groups in total. The molecule has 13 heteroatoms. The van der Waals surface area contributed by atoms with E-state index in [1.54, 1.807) is 60.7 Å². The molecule has 2 unspecified atom stereocenters. The van der Waals surface area contributed by atoms with Crippen LogP contribution in [-0.4, -0.2) is 117 Å². The van der Waals surface area contributed by atoms with Crippen LogP contribution in [0.15, 0.2) is 70.5 Å². The minimum atomic E-state index is -3.58. The number of hydrogen-bond acceptors (Lipinski definition) is 9. The lowest BCUT2D eigenvalue weighted by Gasteiger charge is -2.21. The maximum Gasteiger partial charge on any atom is 0.243 e. The molecule has 0 radical (unpaired) electrons. The fraction of sp³-hybridized carbons (Fsp3) is 0.571. The van der Waals surface area contributed by atoms with E-state index in [1.807, 2.05) is 0 Å². The van der Waals surface area contributed by atoms with Crippen molar-refractivity contribution in [3.63, 3.8) is 0 Å². The van der Waals surface area contributed by atoms with Gasteiger partial charge in [-0.1, -0.05) is 36.4 Å². The van der Waals surface area contributed by atoms with Crippen LogP contribution in [0.4, 0.5) is 0 Å². The van der Waals surface area contributed by atoms with E-state index in [1.165, 1.54) is 8.61 Å². The van der Waals surface area contributed by atoms with Crippen LogP contribution in [0.1, 0.15) is 12.8 Å². The summed E-state index contributed by atoms with van der Waals surface area (Å²) < 4.78 is 82.1. The Hall–Kier alpha value is -1.94. The van der Waals surface area contributed by atoms with Gasteiger partial charge in [0.25, 0.3) is 0 Å². The summed E-state index contributed by atoms with van der Waals surface area (Å²) in [6, 6.07) is 16.8. The van der Waals surface area contributed by atoms with E-state index in [0.29, 0.717) is 91.9 Å². The third kappa shape index (κ3) is 10.7. The molecule has 2 aromatic rings. The number of rotatable bonds is 22. The Bertz CT molecular complexity index is 1140. The maximum absolute atomic E-state index is 13.0. The van der Waals surface area contributed by atoms with Crippen LogP contribution >= 0.6 is 0 Å². The molecule has 0 bridgehead atoms. The molecule has 0 spiro atoms. The Balaban J connectivity index is 1.03. The zero-order chi connectivity index (χ0) is 29.0. The van der Waals surface area contributed by atoms with Crippen molar-refractivity contribution in [2.45, 2.75) is 34.8 Å². The highest BCUT2D eigenvalue weighted by molar-refractivity contribution is 7.89. The van der Waals surface area contributed by atoms with Crippen LogP contribution in [0.5, 0.6) is 0 Å². The largest absolute Gasteiger partial charge is 0.379 e. The van der Waals surface area contributed by atoms with Crippen LogP contribution in [0.25, 0.3) is 0 Å². The lowest BCUT2D eigenvalue weighted by atomic mass is 10.4. The topological polar surface area (TPSA) is 128 Å². The zero-order valence-corrected chi connectivity index (χ0v) is 24.8. The summed E-state index contributed by atoms with van der Waals surface area (Å²) in [4.78, 5) is 0.555. The van der Waals surface area contributed by atoms with E-state index in [2.05, 4.69) is 0 Å². The lowest BCUT2D eigenvalue weighted by Crippen LogP contribution is -2.35. The van der Waals surface area contributed by atoms with Crippen molar-refractivity contribution in [3.05, 3.63) is 60.7 Å². The van der Waals surface area contributed by atoms with Gasteiger partial charge in [-0.15, -0.1) is 0 Å². The van der Waals surface area contributed by atoms with Gasteiger partial charge < -0.3 is 23.7 Å². The number of hydrogen-bond donors (Lipinski definition) is 0. The predicted molar refractivity (Wildman–Crippen MR) is 152 cm³/mol. The van der Waals surface area contributed by atoms with E-state index < -0.39 is 20.0 Å². The van der Waals surface area contributed by atoms with E-state index >= 15 is 0 Å². The zero-order valence-electron chi connectivity index (χ0n) is 23.2. The molecule has 41 heavy (non-hydrogen) atoms. The van der Waals surface area contributed by atoms with Gasteiger partial charge in [0.05, 0.1) is 61.6 Å². The van der Waals surface area contributed by atoms with Crippen LogP contribution in [0.3, 0.4) is 0 Å². The van der Waals surface area contributed by atoms with Gasteiger partial charge in [0.2, 0.25) is 20.0 Å². The molecule has 2 heterocycles. The minimum Gasteiger partial charge on any atom is -0.379 e. The molecule has 11 nitrogen and oxygen atoms in total. The number of epoxide rings is 2. The first-order valence-corrected chi connectivity index (χ1v) is 16.8. The molecule has 0 amide bonds. The summed E-state index contributed by atoms with van der Waals surface area (Å²) in [6.45, 7) is 4.98. The van der Waals surface area contributed by atoms with Gasteiger partial charge in [-0.25, -0.2) is 16.8 Å². The lowest BCUT2D eigenvalue weighted by molar-refractivity contribution is 0.0128. The van der Waals surface area contributed by atoms with Crippen molar-refractivity contribution in [2.75, 3.05) is 79.0 Å². The normalized spacial score (nSPS) is 18.7. The average molecular weight is 613 g/mol. The second kappa shape index (κ2) is 16.1. The Morgan fingerprint density at radius 2 is 0.927 bits per heavy atom. The molecular formula is C28H40N2O9S2. The van der Waals surface area contributed by atoms with E-state index in [9.17, 15) is 16.8 Å². The molecule has 0 saturated carbocycles. The van der Waals surface area contributed by atoms with E-state index in [-0.39, 0.29) is 22.0 Å². The van der Waals surface area contributed by atoms with Crippen LogP contribution in [0.2, 0.25) is 0 Å². The molecule has 2 aliphatic rings. The first-order chi connectivity index (χ1) is 19.9. The van der Waals surface area contributed by atoms with Crippen molar-refractivity contribution in [1.29, 1.82) is 0 Å². The molecule has 2 aromatic carbocycles. The van der Waals surface area contributed by atoms with E-state index in [4.69, 9.17) is 23.7 Å². The fourth-order valence-corrected chi connectivity index (χ4v) is 7.19. The Labute approximate surface area is 243 Å². The predicted octanol–water partition coefficient (Wildman–Crippen LogP) is 2.00. The van der Waals surface area contributed by atoms with Gasteiger partial charge in [0, 0.05) is 39.4 Å². The molecule has 2 fully saturated rings. The van der Waals surface area contributed by atoms with Gasteiger partial charge in [-0.05, 0) is 37.1 Å². The number of nitrogens with zero attached hydrogens (tertiary/aromatic N) is 2. The summed E-state index contributed by atoms with van der Waals surface area (Å²) in [5.74, 6) is 0. The molecule has 0 aliphatic carbocycles. The van der Waals surface area contributed by atoms with Gasteiger partial charge in [-0.3, -0.25) is 0 Å². The second-order valence-corrected chi connectivity index (χ2v) is 13.7. The first-order valence-electron chi connectivity index (χ1n) is 13.9. The molecule has 0 aromatic heterocycles. The Morgan fingerprint density at radius 1 is 0.585 bits per heavy atom. The Kier molecular flexibility index (Phi) is 12.5. The summed E-state index contributed by atoms with van der Waals surface area (Å²) in [5, 5.41) is 0. The molecule has 4 rings (SSSR count). The summed E-state index contributed by atoms with van der Waals surface area (Å²) in [6.07, 6.45) is 1.05. The molecule has 2 aliphatic heterocycles. The molecule has 228 valence electrons. The quantitative estimate of drug-likeness (QED) is 0.145. The van der Waals surface area contributed by atoms with Crippen molar-refractivity contribution in [2.24, 2.45) is 0 Å². The number of benzene rings is 2. The van der Waals surface area contributed by atoms with Crippen LogP contribution in [0, 0.1) is 0 Å². The number of ether oxygens (including phenoxy) is 5. The third-order valence-electron chi connectivity index (χ3n) is 6.52. The highest BCUT2D eigenvalue weighted by atomic mass is 32.2. The minimum absolute atomic E-state index is 0.0383. The molecular weight excluding hydrogens is 572 g/mol. The Morgan fingerprint density at radius 3 is 1.27 bits per heavy atom. The standard InChI is InChI=1S/C28H40N2O9S2/c31-40(32,27-9-3-1-4-10-27)29(21-25-23-38-25)13-7-15-35-17-19-37-20-18-36-16-8-14-30(22-26-24-39-26)41(33,34)28-11-5-2-6-12-28/h1-6,9-12,25-26H,7-8,13-24H2. The van der Waals surface area contributed by atoms with Gasteiger partial charge >= 0.3 is 0 Å². The third-order valence-corrected chi connectivity index (χ3v) is 10.3. The summed E-state index contributed by atoms with van der Waals surface area (Å²) in [7, 11) is -7.15. The second-order valence-electron chi connectivity index (χ2n) is 9.81. The highest BCUT2D eigenvalue weighted by Gasteiger charge is 2.33. The smallest absolute Gasteiger partial charge is 0.243 e. The van der Waals surface area contributed by atoms with Crippen LogP contribution in [-0.2, 0) is 43.7 Å². The van der Waals surface area contributed by atoms with Gasteiger partial charge in [0.1, 0.15) is 0 Å². The maximum atomic E-state index is 13.0. The van der Waals surface area contributed by atoms with Crippen LogP contribution < -0.4 is 0 Å². The molecule has 2 atom stereocenters. The molecule has 2 saturated heterocycles. The highest BCUT2D eigenvalue weighted by Crippen LogP contribution is 2.21. The van der Waals surface area contributed by atoms with Crippen molar-refractivity contribution in [3.8, 4) is 0 Å². The van der Waals surface area contributed by atoms with Gasteiger partial charge in [0.15, 0.2) is 0 Å². The summed E-state index contributed by atoms with van der Waals surface area (Å²) >= 11 is 0. The monoisotopic (exact) mass is 612 g/mol. The number of sulfonamides is 2. The average Bonchev–Trinajstić information content (AvgIpc) is 3.92. The fourth-order valence-electron chi connectivity index (χ4n) is 4.13. The van der Waals surface area contributed by atoms with E-state index in [0.717, 1.165) is 0 Å². The summed E-state index contributed by atoms with van der Waals surface area (Å²) in [5.41, 5.74) is 0. The van der Waals surface area contributed by atoms with Gasteiger partial charge in [-0.2, -0.15) is 8.61 Å². The van der Waals surface area contributed by atoms with Crippen molar-refractivity contribution >= 4 is 20.0 Å².